The highest BCUT2D eigenvalue weighted by Gasteiger charge is 2.26. The number of sulfonamides is 1. The number of hydrogen-bond donors (Lipinski definition) is 0. The van der Waals surface area contributed by atoms with Gasteiger partial charge < -0.3 is 4.90 Å². The normalized spacial score (nSPS) is 11.6. The van der Waals surface area contributed by atoms with Crippen LogP contribution in [-0.4, -0.2) is 44.2 Å². The zero-order valence-corrected chi connectivity index (χ0v) is 16.2. The number of nitrogens with zero attached hydrogens (tertiary/aromatic N) is 2. The molecule has 0 unspecified atom stereocenters. The van der Waals surface area contributed by atoms with Crippen LogP contribution in [0.4, 0.5) is 4.39 Å². The Kier molecular flexibility index (Phi) is 6.15. The second-order valence-electron chi connectivity index (χ2n) is 6.37. The van der Waals surface area contributed by atoms with Crippen molar-refractivity contribution < 1.29 is 17.6 Å². The van der Waals surface area contributed by atoms with E-state index in [1.54, 1.807) is 37.3 Å². The van der Waals surface area contributed by atoms with Crippen LogP contribution in [0, 0.1) is 19.7 Å². The lowest BCUT2D eigenvalue weighted by molar-refractivity contribution is -0.130. The predicted molar refractivity (Wildman–Crippen MR) is 98.6 cm³/mol. The average Bonchev–Trinajstić information content (AvgIpc) is 2.58. The van der Waals surface area contributed by atoms with Crippen LogP contribution >= 0.6 is 0 Å². The molecule has 0 aliphatic rings. The fraction of sp³-hybridized carbons (Fsp3) is 0.316. The molecule has 26 heavy (non-hydrogen) atoms. The van der Waals surface area contributed by atoms with Gasteiger partial charge in [-0.2, -0.15) is 4.31 Å². The van der Waals surface area contributed by atoms with E-state index in [1.807, 2.05) is 13.0 Å². The van der Waals surface area contributed by atoms with Crippen LogP contribution < -0.4 is 0 Å². The number of carbonyl (C=O) groups excluding carboxylic acids is 1. The molecule has 5 nitrogen and oxygen atoms in total. The van der Waals surface area contributed by atoms with Crippen LogP contribution in [0.5, 0.6) is 0 Å². The van der Waals surface area contributed by atoms with Gasteiger partial charge in [0.1, 0.15) is 5.82 Å². The quantitative estimate of drug-likeness (QED) is 0.777. The number of aryl methyl sites for hydroxylation is 2. The Bertz CT molecular complexity index is 913. The van der Waals surface area contributed by atoms with Crippen molar-refractivity contribution in [3.05, 3.63) is 65.0 Å². The fourth-order valence-corrected chi connectivity index (χ4v) is 3.95. The van der Waals surface area contributed by atoms with Gasteiger partial charge in [0.25, 0.3) is 0 Å². The molecule has 0 fully saturated rings. The molecular weight excluding hydrogens is 355 g/mol. The maximum Gasteiger partial charge on any atom is 0.243 e. The lowest BCUT2D eigenvalue weighted by atomic mass is 10.2. The summed E-state index contributed by atoms with van der Waals surface area (Å²) in [6.45, 7) is 3.28. The first kappa shape index (κ1) is 20.1. The molecule has 0 aliphatic carbocycles. The lowest BCUT2D eigenvalue weighted by Crippen LogP contribution is -2.39. The molecule has 0 heterocycles. The molecule has 0 N–H and O–H groups in total. The molecule has 2 aromatic rings. The third-order valence-corrected chi connectivity index (χ3v) is 6.13. The SMILES string of the molecule is Cc1ccc(C)c(S(=O)(=O)N(C)CC(=O)N(C)Cc2ccccc2F)c1. The molecule has 7 heteroatoms. The summed E-state index contributed by atoms with van der Waals surface area (Å²) >= 11 is 0. The van der Waals surface area contributed by atoms with Crippen molar-refractivity contribution in [2.24, 2.45) is 0 Å². The highest BCUT2D eigenvalue weighted by atomic mass is 32.2. The van der Waals surface area contributed by atoms with E-state index >= 15 is 0 Å². The van der Waals surface area contributed by atoms with Crippen molar-refractivity contribution in [1.82, 2.24) is 9.21 Å². The Labute approximate surface area is 154 Å². The summed E-state index contributed by atoms with van der Waals surface area (Å²) in [5, 5.41) is 0. The largest absolute Gasteiger partial charge is 0.340 e. The minimum atomic E-state index is -3.79. The fourth-order valence-electron chi connectivity index (χ4n) is 2.52. The van der Waals surface area contributed by atoms with Gasteiger partial charge in [-0.05, 0) is 37.1 Å². The van der Waals surface area contributed by atoms with E-state index in [2.05, 4.69) is 0 Å². The van der Waals surface area contributed by atoms with E-state index in [1.165, 1.54) is 25.1 Å². The molecule has 0 aliphatic heterocycles. The van der Waals surface area contributed by atoms with Gasteiger partial charge in [0.2, 0.25) is 15.9 Å². The second kappa shape index (κ2) is 7.97. The summed E-state index contributed by atoms with van der Waals surface area (Å²) in [7, 11) is -0.902. The summed E-state index contributed by atoms with van der Waals surface area (Å²) in [5.41, 5.74) is 1.82. The first-order valence-electron chi connectivity index (χ1n) is 8.14. The first-order valence-corrected chi connectivity index (χ1v) is 9.58. The maximum atomic E-state index is 13.7. The van der Waals surface area contributed by atoms with Crippen LogP contribution in [-0.2, 0) is 21.4 Å². The molecule has 0 radical (unpaired) electrons. The van der Waals surface area contributed by atoms with Crippen molar-refractivity contribution in [3.63, 3.8) is 0 Å². The molecule has 2 rings (SSSR count). The summed E-state index contributed by atoms with van der Waals surface area (Å²) in [6, 6.07) is 11.3. The number of likely N-dealkylation sites (N-methyl/N-ethyl adjacent to an activating group) is 2. The molecule has 0 spiro atoms. The molecule has 0 bridgehead atoms. The van der Waals surface area contributed by atoms with E-state index in [9.17, 15) is 17.6 Å². The van der Waals surface area contributed by atoms with E-state index in [0.29, 0.717) is 11.1 Å². The van der Waals surface area contributed by atoms with Crippen LogP contribution in [0.2, 0.25) is 0 Å². The maximum absolute atomic E-state index is 13.7. The number of benzene rings is 2. The van der Waals surface area contributed by atoms with Gasteiger partial charge >= 0.3 is 0 Å². The Balaban J connectivity index is 2.12. The summed E-state index contributed by atoms with van der Waals surface area (Å²) < 4.78 is 40.3. The van der Waals surface area contributed by atoms with Crippen molar-refractivity contribution in [2.45, 2.75) is 25.3 Å². The van der Waals surface area contributed by atoms with E-state index < -0.39 is 21.7 Å². The molecule has 0 aromatic heterocycles. The summed E-state index contributed by atoms with van der Waals surface area (Å²) in [4.78, 5) is 13.9. The van der Waals surface area contributed by atoms with Gasteiger partial charge in [0, 0.05) is 26.2 Å². The Morgan fingerprint density at radius 3 is 2.38 bits per heavy atom. The number of carbonyl (C=O) groups is 1. The monoisotopic (exact) mass is 378 g/mol. The van der Waals surface area contributed by atoms with Crippen LogP contribution in [0.3, 0.4) is 0 Å². The molecule has 0 saturated heterocycles. The first-order chi connectivity index (χ1) is 12.1. The van der Waals surface area contributed by atoms with Crippen molar-refractivity contribution in [3.8, 4) is 0 Å². The summed E-state index contributed by atoms with van der Waals surface area (Å²) in [5.74, 6) is -0.812. The van der Waals surface area contributed by atoms with Crippen molar-refractivity contribution >= 4 is 15.9 Å². The minimum absolute atomic E-state index is 0.0723. The Morgan fingerprint density at radius 1 is 1.08 bits per heavy atom. The number of rotatable bonds is 6. The van der Waals surface area contributed by atoms with Crippen LogP contribution in [0.25, 0.3) is 0 Å². The number of halogens is 1. The molecule has 2 aromatic carbocycles. The number of amides is 1. The average molecular weight is 378 g/mol. The molecular formula is C19H23FN2O3S. The standard InChI is InChI=1S/C19H23FN2O3S/c1-14-9-10-15(2)18(11-14)26(24,25)22(4)13-19(23)21(3)12-16-7-5-6-8-17(16)20/h5-11H,12-13H2,1-4H3. The minimum Gasteiger partial charge on any atom is -0.340 e. The lowest BCUT2D eigenvalue weighted by Gasteiger charge is -2.23. The number of hydrogen-bond acceptors (Lipinski definition) is 3. The third-order valence-electron chi connectivity index (χ3n) is 4.18. The zero-order chi connectivity index (χ0) is 19.5. The van der Waals surface area contributed by atoms with Crippen LogP contribution in [0.15, 0.2) is 47.4 Å². The van der Waals surface area contributed by atoms with Gasteiger partial charge in [-0.3, -0.25) is 4.79 Å². The smallest absolute Gasteiger partial charge is 0.243 e. The Morgan fingerprint density at radius 2 is 1.73 bits per heavy atom. The second-order valence-corrected chi connectivity index (χ2v) is 8.38. The van der Waals surface area contributed by atoms with Crippen molar-refractivity contribution in [1.29, 1.82) is 0 Å². The zero-order valence-electron chi connectivity index (χ0n) is 15.4. The molecule has 0 atom stereocenters. The van der Waals surface area contributed by atoms with E-state index in [4.69, 9.17) is 0 Å². The van der Waals surface area contributed by atoms with Gasteiger partial charge in [-0.25, -0.2) is 12.8 Å². The third kappa shape index (κ3) is 4.47. The highest BCUT2D eigenvalue weighted by Crippen LogP contribution is 2.20. The van der Waals surface area contributed by atoms with Gasteiger partial charge in [0.05, 0.1) is 11.4 Å². The van der Waals surface area contributed by atoms with Crippen molar-refractivity contribution in [2.75, 3.05) is 20.6 Å². The van der Waals surface area contributed by atoms with Gasteiger partial charge in [0.15, 0.2) is 0 Å². The Hall–Kier alpha value is -2.25. The van der Waals surface area contributed by atoms with Gasteiger partial charge in [-0.15, -0.1) is 0 Å². The van der Waals surface area contributed by atoms with Crippen LogP contribution in [0.1, 0.15) is 16.7 Å². The van der Waals surface area contributed by atoms with E-state index in [-0.39, 0.29) is 18.0 Å². The predicted octanol–water partition coefficient (Wildman–Crippen LogP) is 2.72. The topological polar surface area (TPSA) is 57.7 Å². The highest BCUT2D eigenvalue weighted by molar-refractivity contribution is 7.89. The molecule has 0 saturated carbocycles. The van der Waals surface area contributed by atoms with Gasteiger partial charge in [-0.1, -0.05) is 30.3 Å². The van der Waals surface area contributed by atoms with E-state index in [0.717, 1.165) is 9.87 Å². The molecule has 140 valence electrons. The molecule has 1 amide bonds. The summed E-state index contributed by atoms with van der Waals surface area (Å²) in [6.07, 6.45) is 0.